The van der Waals surface area contributed by atoms with Gasteiger partial charge >= 0.3 is 0 Å². The van der Waals surface area contributed by atoms with Crippen LogP contribution >= 0.6 is 0 Å². The SMILES string of the molecule is CC(CO)CNC(C)c1ccccc1. The van der Waals surface area contributed by atoms with Gasteiger partial charge in [-0.3, -0.25) is 0 Å². The van der Waals surface area contributed by atoms with Gasteiger partial charge in [0.1, 0.15) is 0 Å². The molecule has 2 nitrogen and oxygen atoms in total. The number of benzene rings is 1. The molecule has 0 aliphatic rings. The van der Waals surface area contributed by atoms with Gasteiger partial charge in [-0.1, -0.05) is 37.3 Å². The highest BCUT2D eigenvalue weighted by molar-refractivity contribution is 5.17. The number of nitrogens with one attached hydrogen (secondary N) is 1. The molecule has 2 unspecified atom stereocenters. The lowest BCUT2D eigenvalue weighted by Crippen LogP contribution is -2.25. The molecule has 0 spiro atoms. The quantitative estimate of drug-likeness (QED) is 0.749. The second-order valence-electron chi connectivity index (χ2n) is 3.83. The molecule has 2 N–H and O–H groups in total. The Balaban J connectivity index is 2.39. The van der Waals surface area contributed by atoms with Crippen LogP contribution in [-0.4, -0.2) is 18.3 Å². The fourth-order valence-corrected chi connectivity index (χ4v) is 1.30. The summed E-state index contributed by atoms with van der Waals surface area (Å²) in [6, 6.07) is 10.7. The summed E-state index contributed by atoms with van der Waals surface area (Å²) in [4.78, 5) is 0. The highest BCUT2D eigenvalue weighted by atomic mass is 16.3. The average Bonchev–Trinajstić information content (AvgIpc) is 2.26. The number of aliphatic hydroxyl groups excluding tert-OH is 1. The molecule has 0 saturated heterocycles. The van der Waals surface area contributed by atoms with Crippen molar-refractivity contribution in [3.8, 4) is 0 Å². The van der Waals surface area contributed by atoms with Crippen LogP contribution < -0.4 is 5.32 Å². The molecule has 0 fully saturated rings. The van der Waals surface area contributed by atoms with Crippen molar-refractivity contribution in [2.45, 2.75) is 19.9 Å². The van der Waals surface area contributed by atoms with Gasteiger partial charge in [0.2, 0.25) is 0 Å². The Morgan fingerprint density at radius 2 is 1.86 bits per heavy atom. The van der Waals surface area contributed by atoms with Gasteiger partial charge in [0, 0.05) is 19.2 Å². The highest BCUT2D eigenvalue weighted by Gasteiger charge is 2.05. The van der Waals surface area contributed by atoms with Crippen molar-refractivity contribution < 1.29 is 5.11 Å². The largest absolute Gasteiger partial charge is 0.396 e. The van der Waals surface area contributed by atoms with E-state index in [2.05, 4.69) is 24.4 Å². The molecule has 1 aromatic carbocycles. The van der Waals surface area contributed by atoms with Crippen molar-refractivity contribution in [3.05, 3.63) is 35.9 Å². The van der Waals surface area contributed by atoms with Crippen LogP contribution in [0.3, 0.4) is 0 Å². The van der Waals surface area contributed by atoms with Crippen LogP contribution in [0, 0.1) is 5.92 Å². The molecule has 2 atom stereocenters. The first-order valence-corrected chi connectivity index (χ1v) is 5.13. The summed E-state index contributed by atoms with van der Waals surface area (Å²) in [5.41, 5.74) is 1.29. The van der Waals surface area contributed by atoms with Crippen LogP contribution in [0.4, 0.5) is 0 Å². The van der Waals surface area contributed by atoms with Crippen molar-refractivity contribution in [2.75, 3.05) is 13.2 Å². The van der Waals surface area contributed by atoms with Gasteiger partial charge in [0.05, 0.1) is 0 Å². The number of hydrogen-bond acceptors (Lipinski definition) is 2. The molecule has 78 valence electrons. The van der Waals surface area contributed by atoms with Gasteiger partial charge in [0.15, 0.2) is 0 Å². The molecule has 0 aliphatic heterocycles. The third-order valence-corrected chi connectivity index (χ3v) is 2.38. The van der Waals surface area contributed by atoms with Gasteiger partial charge in [-0.25, -0.2) is 0 Å². The maximum absolute atomic E-state index is 8.88. The Hall–Kier alpha value is -0.860. The molecular weight excluding hydrogens is 174 g/mol. The summed E-state index contributed by atoms with van der Waals surface area (Å²) >= 11 is 0. The molecule has 0 aromatic heterocycles. The fraction of sp³-hybridized carbons (Fsp3) is 0.500. The van der Waals surface area contributed by atoms with E-state index >= 15 is 0 Å². The van der Waals surface area contributed by atoms with E-state index in [1.165, 1.54) is 5.56 Å². The lowest BCUT2D eigenvalue weighted by Gasteiger charge is -2.16. The molecule has 2 heteroatoms. The van der Waals surface area contributed by atoms with E-state index < -0.39 is 0 Å². The van der Waals surface area contributed by atoms with E-state index in [9.17, 15) is 0 Å². The van der Waals surface area contributed by atoms with Crippen molar-refractivity contribution in [1.82, 2.24) is 5.32 Å². The van der Waals surface area contributed by atoms with E-state index in [0.717, 1.165) is 6.54 Å². The van der Waals surface area contributed by atoms with Crippen molar-refractivity contribution in [2.24, 2.45) is 5.92 Å². The van der Waals surface area contributed by atoms with Crippen molar-refractivity contribution in [1.29, 1.82) is 0 Å². The average molecular weight is 193 g/mol. The van der Waals surface area contributed by atoms with Crippen LogP contribution in [0.1, 0.15) is 25.5 Å². The third-order valence-electron chi connectivity index (χ3n) is 2.38. The topological polar surface area (TPSA) is 32.3 Å². The maximum atomic E-state index is 8.88. The first-order chi connectivity index (χ1) is 6.74. The zero-order chi connectivity index (χ0) is 10.4. The molecule has 0 amide bonds. The molecule has 14 heavy (non-hydrogen) atoms. The Morgan fingerprint density at radius 3 is 2.43 bits per heavy atom. The summed E-state index contributed by atoms with van der Waals surface area (Å²) in [5, 5.41) is 12.3. The van der Waals surface area contributed by atoms with Gasteiger partial charge < -0.3 is 10.4 Å². The molecule has 0 heterocycles. The summed E-state index contributed by atoms with van der Waals surface area (Å²) < 4.78 is 0. The minimum absolute atomic E-state index is 0.245. The van der Waals surface area contributed by atoms with Gasteiger partial charge in [0.25, 0.3) is 0 Å². The Bertz CT molecular complexity index is 248. The smallest absolute Gasteiger partial charge is 0.0468 e. The zero-order valence-electron chi connectivity index (χ0n) is 8.90. The summed E-state index contributed by atoms with van der Waals surface area (Å²) in [5.74, 6) is 0.321. The van der Waals surface area contributed by atoms with Gasteiger partial charge in [-0.15, -0.1) is 0 Å². The molecule has 0 aliphatic carbocycles. The van der Waals surface area contributed by atoms with Gasteiger partial charge in [-0.05, 0) is 18.4 Å². The summed E-state index contributed by atoms with van der Waals surface area (Å²) in [6.45, 7) is 5.27. The Kier molecular flexibility index (Phi) is 4.63. The predicted octanol–water partition coefficient (Wildman–Crippen LogP) is 1.97. The van der Waals surface area contributed by atoms with Gasteiger partial charge in [-0.2, -0.15) is 0 Å². The van der Waals surface area contributed by atoms with Crippen LogP contribution in [0.15, 0.2) is 30.3 Å². The molecule has 0 bridgehead atoms. The lowest BCUT2D eigenvalue weighted by molar-refractivity contribution is 0.231. The minimum atomic E-state index is 0.245. The van der Waals surface area contributed by atoms with Crippen LogP contribution in [0.5, 0.6) is 0 Å². The van der Waals surface area contributed by atoms with E-state index in [-0.39, 0.29) is 6.61 Å². The van der Waals surface area contributed by atoms with Crippen LogP contribution in [-0.2, 0) is 0 Å². The van der Waals surface area contributed by atoms with E-state index in [0.29, 0.717) is 12.0 Å². The van der Waals surface area contributed by atoms with Crippen LogP contribution in [0.25, 0.3) is 0 Å². The maximum Gasteiger partial charge on any atom is 0.0468 e. The Labute approximate surface area is 86.0 Å². The fourth-order valence-electron chi connectivity index (χ4n) is 1.30. The predicted molar refractivity (Wildman–Crippen MR) is 59.1 cm³/mol. The zero-order valence-corrected chi connectivity index (χ0v) is 8.90. The molecule has 0 saturated carbocycles. The van der Waals surface area contributed by atoms with E-state index in [1.807, 2.05) is 25.1 Å². The standard InChI is InChI=1S/C12H19NO/c1-10(9-14)8-13-11(2)12-6-4-3-5-7-12/h3-7,10-11,13-14H,8-9H2,1-2H3. The summed E-state index contributed by atoms with van der Waals surface area (Å²) in [7, 11) is 0. The number of rotatable bonds is 5. The number of aliphatic hydroxyl groups is 1. The molecule has 1 rings (SSSR count). The van der Waals surface area contributed by atoms with Crippen molar-refractivity contribution in [3.63, 3.8) is 0 Å². The first kappa shape index (κ1) is 11.2. The highest BCUT2D eigenvalue weighted by Crippen LogP contribution is 2.11. The second-order valence-corrected chi connectivity index (χ2v) is 3.83. The molecular formula is C12H19NO. The first-order valence-electron chi connectivity index (χ1n) is 5.13. The normalized spacial score (nSPS) is 15.1. The monoisotopic (exact) mass is 193 g/mol. The van der Waals surface area contributed by atoms with Crippen LogP contribution in [0.2, 0.25) is 0 Å². The number of hydrogen-bond donors (Lipinski definition) is 2. The third kappa shape index (κ3) is 3.48. The molecule has 0 radical (unpaired) electrons. The van der Waals surface area contributed by atoms with E-state index in [1.54, 1.807) is 0 Å². The minimum Gasteiger partial charge on any atom is -0.396 e. The second kappa shape index (κ2) is 5.78. The van der Waals surface area contributed by atoms with E-state index in [4.69, 9.17) is 5.11 Å². The summed E-state index contributed by atoms with van der Waals surface area (Å²) in [6.07, 6.45) is 0. The lowest BCUT2D eigenvalue weighted by atomic mass is 10.1. The molecule has 1 aromatic rings. The Morgan fingerprint density at radius 1 is 1.21 bits per heavy atom. The van der Waals surface area contributed by atoms with Crippen molar-refractivity contribution >= 4 is 0 Å².